The fraction of sp³-hybridized carbons (Fsp3) is 0.500. The van der Waals surface area contributed by atoms with Gasteiger partial charge in [0.25, 0.3) is 0 Å². The van der Waals surface area contributed by atoms with E-state index in [2.05, 4.69) is 20.7 Å². The first-order valence-corrected chi connectivity index (χ1v) is 9.48. The number of methoxy groups -OCH3 is 1. The van der Waals surface area contributed by atoms with Crippen molar-refractivity contribution in [1.82, 2.24) is 4.72 Å². The van der Waals surface area contributed by atoms with E-state index in [1.165, 1.54) is 13.2 Å². The number of ether oxygens (including phenoxy) is 1. The Morgan fingerprint density at radius 3 is 2.70 bits per heavy atom. The van der Waals surface area contributed by atoms with Crippen molar-refractivity contribution in [1.29, 1.82) is 0 Å². The number of halogens is 1. The van der Waals surface area contributed by atoms with Crippen molar-refractivity contribution in [2.75, 3.05) is 24.3 Å². The van der Waals surface area contributed by atoms with Crippen molar-refractivity contribution in [3.63, 3.8) is 0 Å². The van der Waals surface area contributed by atoms with E-state index in [4.69, 9.17) is 10.5 Å². The van der Waals surface area contributed by atoms with Crippen LogP contribution in [0.1, 0.15) is 13.8 Å². The van der Waals surface area contributed by atoms with Crippen LogP contribution in [0, 0.1) is 0 Å². The van der Waals surface area contributed by atoms with Crippen molar-refractivity contribution < 1.29 is 13.2 Å². The summed E-state index contributed by atoms with van der Waals surface area (Å²) in [5.74, 6) is 1.92. The number of nitrogens with two attached hydrogens (primary N) is 1. The normalized spacial score (nSPS) is 13.2. The lowest BCUT2D eigenvalue weighted by Crippen LogP contribution is -2.34. The number of sulfonamides is 1. The SMILES string of the molecule is CCSCC(C)NS(=O)(=O)c1cc(N)c(Br)cc1OC. The van der Waals surface area contributed by atoms with Crippen LogP contribution in [-0.4, -0.2) is 33.1 Å². The first kappa shape index (κ1) is 17.6. The molecule has 1 unspecified atom stereocenters. The Morgan fingerprint density at radius 1 is 1.50 bits per heavy atom. The maximum atomic E-state index is 12.4. The monoisotopic (exact) mass is 382 g/mol. The third-order valence-corrected chi connectivity index (χ3v) is 5.94. The molecule has 0 spiro atoms. The van der Waals surface area contributed by atoms with Crippen LogP contribution >= 0.6 is 27.7 Å². The maximum Gasteiger partial charge on any atom is 0.244 e. The van der Waals surface area contributed by atoms with Gasteiger partial charge in [0.05, 0.1) is 7.11 Å². The zero-order chi connectivity index (χ0) is 15.3. The zero-order valence-electron chi connectivity index (χ0n) is 11.6. The highest BCUT2D eigenvalue weighted by Gasteiger charge is 2.23. The quantitative estimate of drug-likeness (QED) is 0.707. The van der Waals surface area contributed by atoms with Gasteiger partial charge in [-0.15, -0.1) is 0 Å². The molecule has 0 fully saturated rings. The number of nitrogens with one attached hydrogen (secondary N) is 1. The van der Waals surface area contributed by atoms with Gasteiger partial charge in [-0.1, -0.05) is 6.92 Å². The van der Waals surface area contributed by atoms with Crippen LogP contribution < -0.4 is 15.2 Å². The second-order valence-corrected chi connectivity index (χ2v) is 8.06. The average molecular weight is 383 g/mol. The molecule has 1 rings (SSSR count). The summed E-state index contributed by atoms with van der Waals surface area (Å²) in [5, 5.41) is 0. The molecule has 0 bridgehead atoms. The van der Waals surface area contributed by atoms with Gasteiger partial charge in [-0.25, -0.2) is 13.1 Å². The molecule has 1 atom stereocenters. The molecule has 0 amide bonds. The van der Waals surface area contributed by atoms with Gasteiger partial charge >= 0.3 is 0 Å². The second kappa shape index (κ2) is 7.53. The highest BCUT2D eigenvalue weighted by atomic mass is 79.9. The van der Waals surface area contributed by atoms with Gasteiger partial charge in [0.2, 0.25) is 10.0 Å². The topological polar surface area (TPSA) is 81.4 Å². The van der Waals surface area contributed by atoms with E-state index in [0.717, 1.165) is 5.75 Å². The molecule has 0 saturated heterocycles. The van der Waals surface area contributed by atoms with Gasteiger partial charge in [0, 0.05) is 22.0 Å². The summed E-state index contributed by atoms with van der Waals surface area (Å²) in [6, 6.07) is 2.78. The molecule has 0 heterocycles. The molecule has 8 heteroatoms. The molecule has 0 aliphatic carbocycles. The van der Waals surface area contributed by atoms with Crippen molar-refractivity contribution in [3.8, 4) is 5.75 Å². The minimum absolute atomic E-state index is 0.0500. The van der Waals surface area contributed by atoms with Crippen LogP contribution in [-0.2, 0) is 10.0 Å². The Kier molecular flexibility index (Phi) is 6.63. The van der Waals surface area contributed by atoms with E-state index >= 15 is 0 Å². The third-order valence-electron chi connectivity index (χ3n) is 2.50. The minimum atomic E-state index is -3.66. The fourth-order valence-corrected chi connectivity index (χ4v) is 4.11. The molecule has 0 aliphatic rings. The summed E-state index contributed by atoms with van der Waals surface area (Å²) in [6.45, 7) is 3.86. The molecule has 5 nitrogen and oxygen atoms in total. The molecule has 1 aromatic rings. The standard InChI is InChI=1S/C12H19BrN2O3S2/c1-4-19-7-8(2)15-20(16,17)12-6-10(14)9(13)5-11(12)18-3/h5-6,8,15H,4,7,14H2,1-3H3. The van der Waals surface area contributed by atoms with Crippen LogP contribution in [0.15, 0.2) is 21.5 Å². The summed E-state index contributed by atoms with van der Waals surface area (Å²) in [4.78, 5) is 0.0500. The predicted octanol–water partition coefficient (Wildman–Crippen LogP) is 2.46. The van der Waals surface area contributed by atoms with Crippen molar-refractivity contribution in [2.24, 2.45) is 0 Å². The van der Waals surface area contributed by atoms with Crippen LogP contribution in [0.5, 0.6) is 5.75 Å². The molecule has 114 valence electrons. The molecule has 0 radical (unpaired) electrons. The van der Waals surface area contributed by atoms with Gasteiger partial charge in [0.1, 0.15) is 10.6 Å². The van der Waals surface area contributed by atoms with Gasteiger partial charge in [0.15, 0.2) is 0 Å². The van der Waals surface area contributed by atoms with Crippen LogP contribution in [0.4, 0.5) is 5.69 Å². The number of benzene rings is 1. The first-order valence-electron chi connectivity index (χ1n) is 6.05. The lowest BCUT2D eigenvalue weighted by molar-refractivity contribution is 0.402. The minimum Gasteiger partial charge on any atom is -0.495 e. The van der Waals surface area contributed by atoms with Crippen molar-refractivity contribution >= 4 is 43.4 Å². The summed E-state index contributed by atoms with van der Waals surface area (Å²) < 4.78 is 33.1. The summed E-state index contributed by atoms with van der Waals surface area (Å²) >= 11 is 4.93. The Morgan fingerprint density at radius 2 is 2.15 bits per heavy atom. The van der Waals surface area contributed by atoms with E-state index < -0.39 is 10.0 Å². The summed E-state index contributed by atoms with van der Waals surface area (Å²) in [5.41, 5.74) is 6.10. The average Bonchev–Trinajstić information content (AvgIpc) is 2.38. The zero-order valence-corrected chi connectivity index (χ0v) is 14.9. The number of hydrogen-bond acceptors (Lipinski definition) is 5. The van der Waals surface area contributed by atoms with Gasteiger partial charge in [-0.2, -0.15) is 11.8 Å². The number of rotatable bonds is 7. The fourth-order valence-electron chi connectivity index (χ4n) is 1.58. The van der Waals surface area contributed by atoms with Gasteiger partial charge in [-0.05, 0) is 40.7 Å². The lowest BCUT2D eigenvalue weighted by atomic mass is 10.3. The molecule has 20 heavy (non-hydrogen) atoms. The highest BCUT2D eigenvalue weighted by Crippen LogP contribution is 2.32. The van der Waals surface area contributed by atoms with E-state index in [1.807, 2.05) is 13.8 Å². The van der Waals surface area contributed by atoms with Gasteiger partial charge < -0.3 is 10.5 Å². The van der Waals surface area contributed by atoms with Crippen molar-refractivity contribution in [3.05, 3.63) is 16.6 Å². The molecular weight excluding hydrogens is 364 g/mol. The van der Waals surface area contributed by atoms with Crippen LogP contribution in [0.2, 0.25) is 0 Å². The van der Waals surface area contributed by atoms with Crippen LogP contribution in [0.3, 0.4) is 0 Å². The summed E-state index contributed by atoms with van der Waals surface area (Å²) in [6.07, 6.45) is 0. The molecular formula is C12H19BrN2O3S2. The Hall–Kier alpha value is -0.440. The van der Waals surface area contributed by atoms with E-state index in [9.17, 15) is 8.42 Å². The molecule has 1 aromatic carbocycles. The largest absolute Gasteiger partial charge is 0.495 e. The number of thioether (sulfide) groups is 1. The predicted molar refractivity (Wildman–Crippen MR) is 87.9 cm³/mol. The number of hydrogen-bond donors (Lipinski definition) is 2. The van der Waals surface area contributed by atoms with Crippen LogP contribution in [0.25, 0.3) is 0 Å². The van der Waals surface area contributed by atoms with E-state index in [-0.39, 0.29) is 16.7 Å². The first-order chi connectivity index (χ1) is 9.31. The van der Waals surface area contributed by atoms with Gasteiger partial charge in [-0.3, -0.25) is 0 Å². The highest BCUT2D eigenvalue weighted by molar-refractivity contribution is 9.10. The third kappa shape index (κ3) is 4.54. The van der Waals surface area contributed by atoms with E-state index in [1.54, 1.807) is 17.8 Å². The molecule has 0 aliphatic heterocycles. The second-order valence-electron chi connectivity index (χ2n) is 4.21. The molecule has 3 N–H and O–H groups in total. The lowest BCUT2D eigenvalue weighted by Gasteiger charge is -2.16. The smallest absolute Gasteiger partial charge is 0.244 e. The Bertz CT molecular complexity index is 564. The van der Waals surface area contributed by atoms with Crippen molar-refractivity contribution in [2.45, 2.75) is 24.8 Å². The Labute approximate surface area is 132 Å². The number of anilines is 1. The molecule has 0 aromatic heterocycles. The van der Waals surface area contributed by atoms with E-state index in [0.29, 0.717) is 15.9 Å². The number of nitrogen functional groups attached to an aromatic ring is 1. The maximum absolute atomic E-state index is 12.4. The molecule has 0 saturated carbocycles. The Balaban J connectivity index is 3.06. The summed E-state index contributed by atoms with van der Waals surface area (Å²) in [7, 11) is -2.24.